The Morgan fingerprint density at radius 1 is 1.57 bits per heavy atom. The highest BCUT2D eigenvalue weighted by Gasteiger charge is 2.28. The van der Waals surface area contributed by atoms with Gasteiger partial charge in [-0.05, 0) is 31.9 Å². The Morgan fingerprint density at radius 2 is 2.36 bits per heavy atom. The molecule has 1 aromatic heterocycles. The van der Waals surface area contributed by atoms with Crippen molar-refractivity contribution in [2.45, 2.75) is 32.4 Å². The van der Waals surface area contributed by atoms with E-state index in [4.69, 9.17) is 5.73 Å². The van der Waals surface area contributed by atoms with Crippen LogP contribution in [0.2, 0.25) is 0 Å². The molecule has 0 saturated carbocycles. The fraction of sp³-hybridized carbons (Fsp3) is 0.600. The molecule has 0 aliphatic carbocycles. The van der Waals surface area contributed by atoms with Gasteiger partial charge in [0.15, 0.2) is 5.82 Å². The molecule has 76 valence electrons. The third-order valence-corrected chi connectivity index (χ3v) is 2.89. The van der Waals surface area contributed by atoms with Crippen LogP contribution in [-0.4, -0.2) is 28.8 Å². The van der Waals surface area contributed by atoms with Crippen LogP contribution >= 0.6 is 0 Å². The molecule has 0 bridgehead atoms. The summed E-state index contributed by atoms with van der Waals surface area (Å²) < 4.78 is 0. The number of hydrogen-bond acceptors (Lipinski definition) is 4. The van der Waals surface area contributed by atoms with Crippen LogP contribution in [0.1, 0.15) is 18.9 Å². The molecule has 4 heteroatoms. The monoisotopic (exact) mass is 192 g/mol. The van der Waals surface area contributed by atoms with Gasteiger partial charge in [-0.3, -0.25) is 0 Å². The minimum absolute atomic E-state index is 0.261. The summed E-state index contributed by atoms with van der Waals surface area (Å²) >= 11 is 0. The van der Waals surface area contributed by atoms with Crippen molar-refractivity contribution in [2.24, 2.45) is 5.73 Å². The molecule has 1 aromatic rings. The smallest absolute Gasteiger partial charge is 0.151 e. The molecule has 2 atom stereocenters. The van der Waals surface area contributed by atoms with Gasteiger partial charge in [0.1, 0.15) is 0 Å². The van der Waals surface area contributed by atoms with E-state index in [1.165, 1.54) is 0 Å². The molecule has 1 aliphatic heterocycles. The summed E-state index contributed by atoms with van der Waals surface area (Å²) in [6.07, 6.45) is 2.81. The normalized spacial score (nSPS) is 26.9. The second-order valence-electron chi connectivity index (χ2n) is 3.98. The van der Waals surface area contributed by atoms with Gasteiger partial charge in [0, 0.05) is 18.6 Å². The zero-order valence-electron chi connectivity index (χ0n) is 8.64. The summed E-state index contributed by atoms with van der Waals surface area (Å²) in [5.41, 5.74) is 7.10. The maximum atomic E-state index is 5.95. The predicted molar refractivity (Wildman–Crippen MR) is 56.2 cm³/mol. The Balaban J connectivity index is 2.23. The lowest BCUT2D eigenvalue weighted by Gasteiger charge is -2.23. The van der Waals surface area contributed by atoms with E-state index in [1.54, 1.807) is 6.20 Å². The van der Waals surface area contributed by atoms with E-state index < -0.39 is 0 Å². The highest BCUT2D eigenvalue weighted by molar-refractivity contribution is 5.42. The molecule has 0 radical (unpaired) electrons. The Labute approximate surface area is 84.1 Å². The molecule has 0 spiro atoms. The first-order chi connectivity index (χ1) is 6.68. The van der Waals surface area contributed by atoms with Gasteiger partial charge in [0.05, 0.1) is 6.20 Å². The molecule has 2 rings (SSSR count). The lowest BCUT2D eigenvalue weighted by Crippen LogP contribution is -2.37. The number of nitrogens with zero attached hydrogens (tertiary/aromatic N) is 3. The van der Waals surface area contributed by atoms with E-state index in [0.717, 1.165) is 24.3 Å². The average molecular weight is 192 g/mol. The third kappa shape index (κ3) is 1.57. The molecule has 1 fully saturated rings. The lowest BCUT2D eigenvalue weighted by molar-refractivity contribution is 0.620. The Hall–Kier alpha value is -1.16. The van der Waals surface area contributed by atoms with Gasteiger partial charge in [-0.15, -0.1) is 5.10 Å². The van der Waals surface area contributed by atoms with Crippen LogP contribution in [0.3, 0.4) is 0 Å². The summed E-state index contributed by atoms with van der Waals surface area (Å²) in [4.78, 5) is 2.23. The molecule has 1 aliphatic rings. The molecule has 2 heterocycles. The molecule has 2 unspecified atom stereocenters. The number of aryl methyl sites for hydroxylation is 1. The SMILES string of the molecule is Cc1cnnc(N2CCC(N)C2C)c1. The summed E-state index contributed by atoms with van der Waals surface area (Å²) in [5.74, 6) is 0.949. The van der Waals surface area contributed by atoms with E-state index in [9.17, 15) is 0 Å². The zero-order valence-corrected chi connectivity index (χ0v) is 8.64. The number of nitrogens with two attached hydrogens (primary N) is 1. The molecular formula is C10H16N4. The Bertz CT molecular complexity index is 326. The van der Waals surface area contributed by atoms with Gasteiger partial charge in [0.2, 0.25) is 0 Å². The van der Waals surface area contributed by atoms with Crippen LogP contribution in [0.4, 0.5) is 5.82 Å². The molecule has 0 amide bonds. The van der Waals surface area contributed by atoms with Crippen LogP contribution in [0, 0.1) is 6.92 Å². The second-order valence-corrected chi connectivity index (χ2v) is 3.98. The van der Waals surface area contributed by atoms with Crippen molar-refractivity contribution in [1.29, 1.82) is 0 Å². The fourth-order valence-corrected chi connectivity index (χ4v) is 1.88. The van der Waals surface area contributed by atoms with Gasteiger partial charge in [0.25, 0.3) is 0 Å². The van der Waals surface area contributed by atoms with Crippen LogP contribution < -0.4 is 10.6 Å². The van der Waals surface area contributed by atoms with Gasteiger partial charge in [-0.1, -0.05) is 0 Å². The standard InChI is InChI=1S/C10H16N4/c1-7-5-10(13-12-6-7)14-4-3-9(11)8(14)2/h5-6,8-9H,3-4,11H2,1-2H3. The van der Waals surface area contributed by atoms with Crippen LogP contribution in [0.15, 0.2) is 12.3 Å². The van der Waals surface area contributed by atoms with Crippen molar-refractivity contribution in [2.75, 3.05) is 11.4 Å². The van der Waals surface area contributed by atoms with Gasteiger partial charge >= 0.3 is 0 Å². The largest absolute Gasteiger partial charge is 0.351 e. The van der Waals surface area contributed by atoms with Gasteiger partial charge in [-0.25, -0.2) is 0 Å². The fourth-order valence-electron chi connectivity index (χ4n) is 1.88. The molecule has 2 N–H and O–H groups in total. The van der Waals surface area contributed by atoms with Crippen LogP contribution in [0.5, 0.6) is 0 Å². The van der Waals surface area contributed by atoms with Crippen molar-refractivity contribution >= 4 is 5.82 Å². The predicted octanol–water partition coefficient (Wildman–Crippen LogP) is 0.711. The van der Waals surface area contributed by atoms with Crippen molar-refractivity contribution in [3.8, 4) is 0 Å². The first kappa shape index (κ1) is 9.40. The maximum absolute atomic E-state index is 5.95. The van der Waals surface area contributed by atoms with Crippen molar-refractivity contribution in [1.82, 2.24) is 10.2 Å². The van der Waals surface area contributed by atoms with Gasteiger partial charge < -0.3 is 10.6 Å². The second kappa shape index (κ2) is 3.53. The van der Waals surface area contributed by atoms with E-state index in [-0.39, 0.29) is 6.04 Å². The maximum Gasteiger partial charge on any atom is 0.151 e. The minimum Gasteiger partial charge on any atom is -0.351 e. The summed E-state index contributed by atoms with van der Waals surface area (Å²) in [6, 6.07) is 2.69. The summed E-state index contributed by atoms with van der Waals surface area (Å²) in [7, 11) is 0. The minimum atomic E-state index is 0.261. The average Bonchev–Trinajstić information content (AvgIpc) is 2.48. The van der Waals surface area contributed by atoms with E-state index >= 15 is 0 Å². The summed E-state index contributed by atoms with van der Waals surface area (Å²) in [5, 5.41) is 8.08. The van der Waals surface area contributed by atoms with Crippen LogP contribution in [-0.2, 0) is 0 Å². The van der Waals surface area contributed by atoms with Crippen LogP contribution in [0.25, 0.3) is 0 Å². The van der Waals surface area contributed by atoms with E-state index in [1.807, 2.05) is 6.92 Å². The Morgan fingerprint density at radius 3 is 2.93 bits per heavy atom. The lowest BCUT2D eigenvalue weighted by atomic mass is 10.2. The van der Waals surface area contributed by atoms with Crippen molar-refractivity contribution < 1.29 is 0 Å². The number of rotatable bonds is 1. The Kier molecular flexibility index (Phi) is 2.37. The number of hydrogen-bond donors (Lipinski definition) is 1. The molecule has 0 aromatic carbocycles. The zero-order chi connectivity index (χ0) is 10.1. The first-order valence-electron chi connectivity index (χ1n) is 5.00. The first-order valence-corrected chi connectivity index (χ1v) is 5.00. The number of aromatic nitrogens is 2. The highest BCUT2D eigenvalue weighted by atomic mass is 15.3. The highest BCUT2D eigenvalue weighted by Crippen LogP contribution is 2.22. The van der Waals surface area contributed by atoms with Gasteiger partial charge in [-0.2, -0.15) is 5.10 Å². The summed E-state index contributed by atoms with van der Waals surface area (Å²) in [6.45, 7) is 5.15. The number of anilines is 1. The topological polar surface area (TPSA) is 55.0 Å². The quantitative estimate of drug-likeness (QED) is 0.712. The molecule has 1 saturated heterocycles. The molecular weight excluding hydrogens is 176 g/mol. The van der Waals surface area contributed by atoms with Crippen molar-refractivity contribution in [3.63, 3.8) is 0 Å². The van der Waals surface area contributed by atoms with Crippen molar-refractivity contribution in [3.05, 3.63) is 17.8 Å². The van der Waals surface area contributed by atoms with E-state index in [2.05, 4.69) is 28.1 Å². The molecule has 14 heavy (non-hydrogen) atoms. The van der Waals surface area contributed by atoms with E-state index in [0.29, 0.717) is 6.04 Å². The third-order valence-electron chi connectivity index (χ3n) is 2.89. The molecule has 4 nitrogen and oxygen atoms in total.